The molecule has 2 heterocycles. The summed E-state index contributed by atoms with van der Waals surface area (Å²) in [6.07, 6.45) is 5.89. The lowest BCUT2D eigenvalue weighted by molar-refractivity contribution is -0.138. The lowest BCUT2D eigenvalue weighted by Crippen LogP contribution is -2.49. The Bertz CT molecular complexity index is 915. The van der Waals surface area contributed by atoms with Crippen molar-refractivity contribution in [1.29, 1.82) is 0 Å². The second-order valence-corrected chi connectivity index (χ2v) is 8.60. The fraction of sp³-hybridized carbons (Fsp3) is 0.565. The van der Waals surface area contributed by atoms with Gasteiger partial charge in [-0.2, -0.15) is 5.10 Å². The number of aliphatic imine (C=N–C) groups is 1. The summed E-state index contributed by atoms with van der Waals surface area (Å²) >= 11 is 0. The van der Waals surface area contributed by atoms with Crippen LogP contribution in [0.25, 0.3) is 5.82 Å². The quantitative estimate of drug-likeness (QED) is 0.313. The molecule has 8 nitrogen and oxygen atoms in total. The summed E-state index contributed by atoms with van der Waals surface area (Å²) in [5.74, 6) is 1.73. The highest BCUT2D eigenvalue weighted by Crippen LogP contribution is 2.38. The van der Waals surface area contributed by atoms with Gasteiger partial charge in [0, 0.05) is 39.1 Å². The third-order valence-corrected chi connectivity index (χ3v) is 5.81. The average molecular weight is 553 g/mol. The molecule has 9 heteroatoms. The molecule has 1 saturated carbocycles. The molecule has 0 bridgehead atoms. The van der Waals surface area contributed by atoms with E-state index in [0.717, 1.165) is 61.0 Å². The van der Waals surface area contributed by atoms with Gasteiger partial charge in [0.1, 0.15) is 0 Å². The minimum absolute atomic E-state index is 0. The molecule has 0 saturated heterocycles. The maximum absolute atomic E-state index is 12.8. The zero-order valence-electron chi connectivity index (χ0n) is 19.8. The first-order valence-corrected chi connectivity index (χ1v) is 11.1. The van der Waals surface area contributed by atoms with Crippen molar-refractivity contribution in [3.05, 3.63) is 41.3 Å². The molecule has 1 fully saturated rings. The third kappa shape index (κ3) is 6.20. The van der Waals surface area contributed by atoms with E-state index in [1.54, 1.807) is 4.90 Å². The molecule has 1 amide bonds. The van der Waals surface area contributed by atoms with Crippen LogP contribution < -0.4 is 10.6 Å². The maximum Gasteiger partial charge on any atom is 0.230 e. The monoisotopic (exact) mass is 553 g/mol. The van der Waals surface area contributed by atoms with Crippen molar-refractivity contribution in [1.82, 2.24) is 30.3 Å². The van der Waals surface area contributed by atoms with Crippen molar-refractivity contribution in [3.63, 3.8) is 0 Å². The first-order chi connectivity index (χ1) is 14.8. The Morgan fingerprint density at radius 2 is 1.94 bits per heavy atom. The van der Waals surface area contributed by atoms with Gasteiger partial charge in [-0.15, -0.1) is 24.0 Å². The Kier molecular flexibility index (Phi) is 9.47. The molecule has 2 N–H and O–H groups in total. The van der Waals surface area contributed by atoms with Gasteiger partial charge in [0.15, 0.2) is 11.8 Å². The molecule has 0 radical (unpaired) electrons. The predicted octanol–water partition coefficient (Wildman–Crippen LogP) is 3.21. The second kappa shape index (κ2) is 11.6. The van der Waals surface area contributed by atoms with Crippen LogP contribution >= 0.6 is 24.0 Å². The largest absolute Gasteiger partial charge is 0.357 e. The van der Waals surface area contributed by atoms with Gasteiger partial charge < -0.3 is 15.5 Å². The van der Waals surface area contributed by atoms with Crippen LogP contribution in [-0.2, 0) is 11.3 Å². The van der Waals surface area contributed by atoms with Crippen molar-refractivity contribution in [2.75, 3.05) is 27.2 Å². The van der Waals surface area contributed by atoms with Gasteiger partial charge in [0.05, 0.1) is 17.7 Å². The van der Waals surface area contributed by atoms with Crippen LogP contribution in [0.2, 0.25) is 0 Å². The van der Waals surface area contributed by atoms with Crippen LogP contribution in [0, 0.1) is 19.3 Å². The molecule has 176 valence electrons. The number of carbonyl (C=O) groups is 1. The lowest BCUT2D eigenvalue weighted by atomic mass is 9.84. The smallest absolute Gasteiger partial charge is 0.230 e. The van der Waals surface area contributed by atoms with Gasteiger partial charge in [-0.05, 0) is 51.3 Å². The van der Waals surface area contributed by atoms with Crippen LogP contribution in [0.3, 0.4) is 0 Å². The first-order valence-electron chi connectivity index (χ1n) is 11.1. The molecular weight excluding hydrogens is 517 g/mol. The summed E-state index contributed by atoms with van der Waals surface area (Å²) in [5, 5.41) is 11.2. The summed E-state index contributed by atoms with van der Waals surface area (Å²) < 4.78 is 1.84. The minimum Gasteiger partial charge on any atom is -0.357 e. The van der Waals surface area contributed by atoms with Gasteiger partial charge in [0.2, 0.25) is 5.91 Å². The molecule has 0 spiro atoms. The number of aryl methyl sites for hydroxylation is 2. The SMILES string of the molecule is CCNC(=NCc1ccc(-n2nc(C)cc2C)nc1)NCC1(C(=O)N(C)C)CCCC1.I. The number of hydrogen-bond acceptors (Lipinski definition) is 4. The molecule has 1 aliphatic carbocycles. The van der Waals surface area contributed by atoms with Crippen LogP contribution in [0.4, 0.5) is 0 Å². The minimum atomic E-state index is -0.331. The number of hydrogen-bond donors (Lipinski definition) is 2. The summed E-state index contributed by atoms with van der Waals surface area (Å²) in [5.41, 5.74) is 2.72. The fourth-order valence-electron chi connectivity index (χ4n) is 4.25. The molecule has 2 aromatic rings. The number of amides is 1. The average Bonchev–Trinajstić information content (AvgIpc) is 3.36. The van der Waals surface area contributed by atoms with Crippen molar-refractivity contribution in [3.8, 4) is 5.82 Å². The number of aromatic nitrogens is 3. The second-order valence-electron chi connectivity index (χ2n) is 8.60. The van der Waals surface area contributed by atoms with Gasteiger partial charge in [-0.25, -0.2) is 14.7 Å². The number of guanidine groups is 1. The zero-order chi connectivity index (χ0) is 22.4. The van der Waals surface area contributed by atoms with E-state index in [0.29, 0.717) is 13.1 Å². The van der Waals surface area contributed by atoms with Crippen molar-refractivity contribution in [2.45, 2.75) is 53.0 Å². The highest BCUT2D eigenvalue weighted by Gasteiger charge is 2.42. The summed E-state index contributed by atoms with van der Waals surface area (Å²) in [4.78, 5) is 23.8. The van der Waals surface area contributed by atoms with E-state index in [-0.39, 0.29) is 35.3 Å². The number of pyridine rings is 1. The number of rotatable bonds is 7. The van der Waals surface area contributed by atoms with Crippen molar-refractivity contribution >= 4 is 35.8 Å². The normalized spacial score (nSPS) is 15.2. The molecule has 0 aromatic carbocycles. The van der Waals surface area contributed by atoms with Gasteiger partial charge in [-0.3, -0.25) is 4.79 Å². The molecule has 32 heavy (non-hydrogen) atoms. The highest BCUT2D eigenvalue weighted by molar-refractivity contribution is 14.0. The summed E-state index contributed by atoms with van der Waals surface area (Å²) in [7, 11) is 3.68. The topological polar surface area (TPSA) is 87.4 Å². The van der Waals surface area contributed by atoms with Crippen molar-refractivity contribution < 1.29 is 4.79 Å². The molecule has 1 aliphatic rings. The molecule has 2 aromatic heterocycles. The van der Waals surface area contributed by atoms with E-state index in [9.17, 15) is 4.79 Å². The fourth-order valence-corrected chi connectivity index (χ4v) is 4.25. The van der Waals surface area contributed by atoms with E-state index in [4.69, 9.17) is 4.99 Å². The highest BCUT2D eigenvalue weighted by atomic mass is 127. The molecule has 3 rings (SSSR count). The molecule has 0 unspecified atom stereocenters. The Balaban J connectivity index is 0.00000363. The Labute approximate surface area is 208 Å². The number of carbonyl (C=O) groups excluding carboxylic acids is 1. The first kappa shape index (κ1) is 26.1. The van der Waals surface area contributed by atoms with Gasteiger partial charge in [0.25, 0.3) is 0 Å². The van der Waals surface area contributed by atoms with Crippen LogP contribution in [-0.4, -0.2) is 58.7 Å². The Hall–Kier alpha value is -2.17. The zero-order valence-corrected chi connectivity index (χ0v) is 22.1. The molecule has 0 aliphatic heterocycles. The van der Waals surface area contributed by atoms with Crippen LogP contribution in [0.5, 0.6) is 0 Å². The van der Waals surface area contributed by atoms with Crippen molar-refractivity contribution in [2.24, 2.45) is 10.4 Å². The number of nitrogens with one attached hydrogen (secondary N) is 2. The van der Waals surface area contributed by atoms with E-state index < -0.39 is 0 Å². The molecular formula is C23H36IN7O. The Morgan fingerprint density at radius 1 is 1.22 bits per heavy atom. The predicted molar refractivity (Wildman–Crippen MR) is 139 cm³/mol. The lowest BCUT2D eigenvalue weighted by Gasteiger charge is -2.31. The third-order valence-electron chi connectivity index (χ3n) is 5.81. The molecule has 0 atom stereocenters. The van der Waals surface area contributed by atoms with E-state index in [1.807, 2.05) is 63.9 Å². The standard InChI is InChI=1S/C23H35N7O.HI/c1-6-24-22(27-16-23(11-7-8-12-23)21(31)29(4)5)26-15-19-9-10-20(25-14-19)30-18(3)13-17(2)28-30;/h9-10,13-14H,6-8,11-12,15-16H2,1-5H3,(H2,24,26,27);1H. The van der Waals surface area contributed by atoms with E-state index >= 15 is 0 Å². The summed E-state index contributed by atoms with van der Waals surface area (Å²) in [6, 6.07) is 6.03. The maximum atomic E-state index is 12.8. The Morgan fingerprint density at radius 3 is 2.47 bits per heavy atom. The van der Waals surface area contributed by atoms with E-state index in [2.05, 4.69) is 20.7 Å². The van der Waals surface area contributed by atoms with Gasteiger partial charge in [-0.1, -0.05) is 18.9 Å². The number of halogens is 1. The summed E-state index contributed by atoms with van der Waals surface area (Å²) in [6.45, 7) is 7.91. The number of nitrogens with zero attached hydrogens (tertiary/aromatic N) is 5. The van der Waals surface area contributed by atoms with Crippen LogP contribution in [0.15, 0.2) is 29.4 Å². The van der Waals surface area contributed by atoms with E-state index in [1.165, 1.54) is 0 Å². The van der Waals surface area contributed by atoms with Gasteiger partial charge >= 0.3 is 0 Å². The van der Waals surface area contributed by atoms with Crippen LogP contribution in [0.1, 0.15) is 49.6 Å².